The molecule has 0 saturated carbocycles. The number of rotatable bonds is 6. The second-order valence-electron chi connectivity index (χ2n) is 7.01. The molecule has 1 aliphatic heterocycles. The summed E-state index contributed by atoms with van der Waals surface area (Å²) in [7, 11) is -3.68. The number of piperidine rings is 1. The molecule has 0 radical (unpaired) electrons. The van der Waals surface area contributed by atoms with Gasteiger partial charge in [0.05, 0.1) is 21.2 Å². The maximum Gasteiger partial charge on any atom is 0.338 e. The largest absolute Gasteiger partial charge is 0.449 e. The number of halogens is 1. The van der Waals surface area contributed by atoms with Gasteiger partial charge in [0.15, 0.2) is 6.10 Å². The molecule has 2 aromatic rings. The number of amides is 1. The zero-order chi connectivity index (χ0) is 21.7. The minimum atomic E-state index is -3.68. The third-order valence-corrected chi connectivity index (χ3v) is 7.03. The van der Waals surface area contributed by atoms with Crippen LogP contribution in [0.2, 0.25) is 5.02 Å². The number of hydrogen-bond acceptors (Lipinski definition) is 5. The molecular weight excluding hydrogens is 428 g/mol. The molecule has 1 heterocycles. The first-order chi connectivity index (χ1) is 14.3. The van der Waals surface area contributed by atoms with E-state index in [9.17, 15) is 18.0 Å². The highest BCUT2D eigenvalue weighted by atomic mass is 35.5. The zero-order valence-corrected chi connectivity index (χ0v) is 18.1. The first-order valence-electron chi connectivity index (χ1n) is 9.65. The Morgan fingerprint density at radius 3 is 2.47 bits per heavy atom. The van der Waals surface area contributed by atoms with E-state index in [1.807, 2.05) is 0 Å². The van der Waals surface area contributed by atoms with Crippen LogP contribution < -0.4 is 5.32 Å². The molecule has 1 saturated heterocycles. The summed E-state index contributed by atoms with van der Waals surface area (Å²) in [6.07, 6.45) is 1.54. The predicted molar refractivity (Wildman–Crippen MR) is 114 cm³/mol. The number of benzene rings is 2. The lowest BCUT2D eigenvalue weighted by Gasteiger charge is -2.26. The van der Waals surface area contributed by atoms with Gasteiger partial charge in [-0.1, -0.05) is 36.2 Å². The van der Waals surface area contributed by atoms with Crippen molar-refractivity contribution in [3.63, 3.8) is 0 Å². The van der Waals surface area contributed by atoms with E-state index in [0.29, 0.717) is 23.8 Å². The minimum absolute atomic E-state index is 0.0343. The van der Waals surface area contributed by atoms with Gasteiger partial charge in [-0.15, -0.1) is 0 Å². The molecule has 9 heteroatoms. The number of para-hydroxylation sites is 1. The van der Waals surface area contributed by atoms with Gasteiger partial charge in [0.2, 0.25) is 10.0 Å². The number of ether oxygens (including phenoxy) is 1. The Kier molecular flexibility index (Phi) is 7.12. The van der Waals surface area contributed by atoms with E-state index in [-0.39, 0.29) is 10.5 Å². The molecule has 3 rings (SSSR count). The van der Waals surface area contributed by atoms with Crippen LogP contribution in [0.25, 0.3) is 0 Å². The van der Waals surface area contributed by atoms with Gasteiger partial charge in [-0.3, -0.25) is 4.79 Å². The Morgan fingerprint density at radius 1 is 1.07 bits per heavy atom. The molecule has 1 fully saturated rings. The molecule has 1 unspecified atom stereocenters. The van der Waals surface area contributed by atoms with Gasteiger partial charge < -0.3 is 10.1 Å². The summed E-state index contributed by atoms with van der Waals surface area (Å²) in [5, 5.41) is 2.96. The summed E-state index contributed by atoms with van der Waals surface area (Å²) in [5.74, 6) is -1.33. The Balaban J connectivity index is 1.69. The third kappa shape index (κ3) is 5.19. The van der Waals surface area contributed by atoms with Gasteiger partial charge in [-0.05, 0) is 50.1 Å². The van der Waals surface area contributed by atoms with Crippen molar-refractivity contribution in [2.24, 2.45) is 0 Å². The first kappa shape index (κ1) is 22.3. The SMILES string of the molecule is CC(OC(=O)c1cccc(S(=O)(=O)N2CCCCC2)c1)C(=O)Nc1ccccc1Cl. The quantitative estimate of drug-likeness (QED) is 0.677. The van der Waals surface area contributed by atoms with Crippen molar-refractivity contribution in [2.75, 3.05) is 18.4 Å². The molecule has 0 aliphatic carbocycles. The number of esters is 1. The fourth-order valence-corrected chi connectivity index (χ4v) is 4.86. The fraction of sp³-hybridized carbons (Fsp3) is 0.333. The molecule has 1 N–H and O–H groups in total. The Hall–Kier alpha value is -2.42. The molecule has 0 spiro atoms. The average molecular weight is 451 g/mol. The number of carbonyl (C=O) groups is 2. The molecule has 160 valence electrons. The van der Waals surface area contributed by atoms with Gasteiger partial charge in [-0.25, -0.2) is 13.2 Å². The summed E-state index contributed by atoms with van der Waals surface area (Å²) in [6.45, 7) is 2.37. The highest BCUT2D eigenvalue weighted by Gasteiger charge is 2.27. The average Bonchev–Trinajstić information content (AvgIpc) is 2.76. The number of nitrogens with one attached hydrogen (secondary N) is 1. The lowest BCUT2D eigenvalue weighted by molar-refractivity contribution is -0.123. The number of nitrogens with zero attached hydrogens (tertiary/aromatic N) is 1. The standard InChI is InChI=1S/C21H23ClN2O5S/c1-15(20(25)23-19-11-4-3-10-18(19)22)29-21(26)16-8-7-9-17(14-16)30(27,28)24-12-5-2-6-13-24/h3-4,7-11,14-15H,2,5-6,12-13H2,1H3,(H,23,25). The predicted octanol–water partition coefficient (Wildman–Crippen LogP) is 3.70. The Labute approximate surface area is 181 Å². The summed E-state index contributed by atoms with van der Waals surface area (Å²) < 4.78 is 32.3. The minimum Gasteiger partial charge on any atom is -0.449 e. The number of anilines is 1. The van der Waals surface area contributed by atoms with Crippen LogP contribution >= 0.6 is 11.6 Å². The van der Waals surface area contributed by atoms with Crippen LogP contribution in [0.1, 0.15) is 36.5 Å². The molecule has 1 aliphatic rings. The van der Waals surface area contributed by atoms with Gasteiger partial charge in [0, 0.05) is 13.1 Å². The lowest BCUT2D eigenvalue weighted by Crippen LogP contribution is -2.35. The molecule has 1 amide bonds. The van der Waals surface area contributed by atoms with Gasteiger partial charge >= 0.3 is 5.97 Å². The van der Waals surface area contributed by atoms with Crippen LogP contribution in [0.3, 0.4) is 0 Å². The Bertz CT molecular complexity index is 1040. The topological polar surface area (TPSA) is 92.8 Å². The number of sulfonamides is 1. The smallest absolute Gasteiger partial charge is 0.338 e. The van der Waals surface area contributed by atoms with Crippen LogP contribution in [0, 0.1) is 0 Å². The van der Waals surface area contributed by atoms with Crippen LogP contribution in [0.5, 0.6) is 0 Å². The summed E-state index contributed by atoms with van der Waals surface area (Å²) in [6, 6.07) is 12.4. The van der Waals surface area contributed by atoms with E-state index in [0.717, 1.165) is 19.3 Å². The van der Waals surface area contributed by atoms with Crippen molar-refractivity contribution < 1.29 is 22.7 Å². The third-order valence-electron chi connectivity index (χ3n) is 4.81. The van der Waals surface area contributed by atoms with Crippen molar-refractivity contribution in [2.45, 2.75) is 37.2 Å². The molecule has 0 bridgehead atoms. The van der Waals surface area contributed by atoms with Crippen molar-refractivity contribution in [3.8, 4) is 0 Å². The van der Waals surface area contributed by atoms with Crippen molar-refractivity contribution in [1.82, 2.24) is 4.31 Å². The van der Waals surface area contributed by atoms with Crippen molar-refractivity contribution >= 4 is 39.2 Å². The number of carbonyl (C=O) groups excluding carboxylic acids is 2. The van der Waals surface area contributed by atoms with E-state index >= 15 is 0 Å². The van der Waals surface area contributed by atoms with E-state index in [1.165, 1.54) is 35.5 Å². The van der Waals surface area contributed by atoms with Crippen LogP contribution in [0.4, 0.5) is 5.69 Å². The second kappa shape index (κ2) is 9.59. The van der Waals surface area contributed by atoms with E-state index in [4.69, 9.17) is 16.3 Å². The second-order valence-corrected chi connectivity index (χ2v) is 9.35. The fourth-order valence-electron chi connectivity index (χ4n) is 3.12. The molecule has 30 heavy (non-hydrogen) atoms. The van der Waals surface area contributed by atoms with Gasteiger partial charge in [-0.2, -0.15) is 4.31 Å². The lowest BCUT2D eigenvalue weighted by atomic mass is 10.2. The highest BCUT2D eigenvalue weighted by Crippen LogP contribution is 2.23. The zero-order valence-electron chi connectivity index (χ0n) is 16.5. The Morgan fingerprint density at radius 2 is 1.77 bits per heavy atom. The maximum atomic E-state index is 12.8. The van der Waals surface area contributed by atoms with Crippen LogP contribution in [-0.4, -0.2) is 43.8 Å². The van der Waals surface area contributed by atoms with Crippen molar-refractivity contribution in [3.05, 3.63) is 59.1 Å². The van der Waals surface area contributed by atoms with Crippen LogP contribution in [0.15, 0.2) is 53.4 Å². The molecule has 2 aromatic carbocycles. The summed E-state index contributed by atoms with van der Waals surface area (Å²) in [5.41, 5.74) is 0.465. The van der Waals surface area contributed by atoms with Crippen molar-refractivity contribution in [1.29, 1.82) is 0 Å². The van der Waals surface area contributed by atoms with Crippen LogP contribution in [-0.2, 0) is 19.6 Å². The molecule has 7 nitrogen and oxygen atoms in total. The van der Waals surface area contributed by atoms with E-state index in [1.54, 1.807) is 24.3 Å². The molecular formula is C21H23ClN2O5S. The highest BCUT2D eigenvalue weighted by molar-refractivity contribution is 7.89. The normalized spacial score (nSPS) is 15.9. The molecule has 0 aromatic heterocycles. The van der Waals surface area contributed by atoms with Gasteiger partial charge in [0.25, 0.3) is 5.91 Å². The monoisotopic (exact) mass is 450 g/mol. The maximum absolute atomic E-state index is 12.8. The van der Waals surface area contributed by atoms with E-state index in [2.05, 4.69) is 5.32 Å². The van der Waals surface area contributed by atoms with E-state index < -0.39 is 28.0 Å². The number of hydrogen-bond donors (Lipinski definition) is 1. The summed E-state index contributed by atoms with van der Waals surface area (Å²) in [4.78, 5) is 24.8. The first-order valence-corrected chi connectivity index (χ1v) is 11.5. The summed E-state index contributed by atoms with van der Waals surface area (Å²) >= 11 is 6.02. The molecule has 1 atom stereocenters. The van der Waals surface area contributed by atoms with Gasteiger partial charge in [0.1, 0.15) is 0 Å².